The first-order chi connectivity index (χ1) is 12.3. The molecule has 0 saturated carbocycles. The van der Waals surface area contributed by atoms with E-state index in [-0.39, 0.29) is 17.2 Å². The molecule has 0 aromatic carbocycles. The third-order valence-corrected chi connectivity index (χ3v) is 4.10. The van der Waals surface area contributed by atoms with Gasteiger partial charge in [-0.15, -0.1) is 5.10 Å². The lowest BCUT2D eigenvalue weighted by atomic mass is 10.2. The summed E-state index contributed by atoms with van der Waals surface area (Å²) in [5.41, 5.74) is 6.97. The molecule has 0 fully saturated rings. The zero-order chi connectivity index (χ0) is 19.0. The number of aromatic nitrogens is 3. The number of halogens is 1. The Morgan fingerprint density at radius 1 is 1.38 bits per heavy atom. The molecule has 136 valence electrons. The third kappa shape index (κ3) is 3.40. The van der Waals surface area contributed by atoms with E-state index in [1.807, 2.05) is 0 Å². The molecule has 0 aliphatic carbocycles. The van der Waals surface area contributed by atoms with Gasteiger partial charge in [0.15, 0.2) is 16.1 Å². The number of nitrogens with one attached hydrogen (secondary N) is 1. The van der Waals surface area contributed by atoms with Crippen molar-refractivity contribution in [3.63, 3.8) is 0 Å². The topological polar surface area (TPSA) is 119 Å². The van der Waals surface area contributed by atoms with Gasteiger partial charge in [0.05, 0.1) is 11.3 Å². The SMILES string of the molecule is CC(NC(=O)c1cc(N)c2nc(-c3ccc(Br)o3)nn2c1)C(=O)N(C)C. The van der Waals surface area contributed by atoms with Crippen LogP contribution in [0.15, 0.2) is 33.5 Å². The normalized spacial score (nSPS) is 12.2. The summed E-state index contributed by atoms with van der Waals surface area (Å²) in [6.07, 6.45) is 1.50. The lowest BCUT2D eigenvalue weighted by Gasteiger charge is -2.18. The van der Waals surface area contributed by atoms with Gasteiger partial charge in [-0.1, -0.05) is 0 Å². The van der Waals surface area contributed by atoms with Crippen LogP contribution in [0.25, 0.3) is 17.2 Å². The fraction of sp³-hybridized carbons (Fsp3) is 0.250. The molecular weight excluding hydrogens is 404 g/mol. The number of anilines is 1. The highest BCUT2D eigenvalue weighted by Crippen LogP contribution is 2.24. The molecule has 0 bridgehead atoms. The number of nitrogen functional groups attached to an aromatic ring is 1. The van der Waals surface area contributed by atoms with E-state index in [0.717, 1.165) is 0 Å². The molecule has 3 rings (SSSR count). The molecule has 2 amide bonds. The molecule has 3 N–H and O–H groups in total. The molecule has 0 aliphatic rings. The smallest absolute Gasteiger partial charge is 0.253 e. The second kappa shape index (κ2) is 6.79. The lowest BCUT2D eigenvalue weighted by molar-refractivity contribution is -0.130. The van der Waals surface area contributed by atoms with Gasteiger partial charge < -0.3 is 20.4 Å². The van der Waals surface area contributed by atoms with Gasteiger partial charge in [-0.3, -0.25) is 9.59 Å². The number of carbonyl (C=O) groups excluding carboxylic acids is 2. The Morgan fingerprint density at radius 2 is 2.12 bits per heavy atom. The maximum absolute atomic E-state index is 12.4. The minimum absolute atomic E-state index is 0.209. The predicted molar refractivity (Wildman–Crippen MR) is 98.4 cm³/mol. The summed E-state index contributed by atoms with van der Waals surface area (Å²) in [5, 5.41) is 6.94. The van der Waals surface area contributed by atoms with Gasteiger partial charge in [-0.05, 0) is 41.1 Å². The zero-order valence-electron chi connectivity index (χ0n) is 14.4. The summed E-state index contributed by atoms with van der Waals surface area (Å²) in [6, 6.07) is 4.28. The first-order valence-corrected chi connectivity index (χ1v) is 8.49. The van der Waals surface area contributed by atoms with Crippen LogP contribution in [0.1, 0.15) is 17.3 Å². The summed E-state index contributed by atoms with van der Waals surface area (Å²) in [4.78, 5) is 30.1. The van der Waals surface area contributed by atoms with Crippen LogP contribution >= 0.6 is 15.9 Å². The number of carbonyl (C=O) groups is 2. The van der Waals surface area contributed by atoms with Crippen molar-refractivity contribution >= 4 is 39.1 Å². The molecule has 1 atom stereocenters. The third-order valence-electron chi connectivity index (χ3n) is 3.68. The highest BCUT2D eigenvalue weighted by Gasteiger charge is 2.20. The molecular formula is C16H17BrN6O3. The van der Waals surface area contributed by atoms with Crippen LogP contribution < -0.4 is 11.1 Å². The minimum atomic E-state index is -0.666. The maximum atomic E-state index is 12.4. The van der Waals surface area contributed by atoms with Crippen molar-refractivity contribution in [2.45, 2.75) is 13.0 Å². The molecule has 0 saturated heterocycles. The first-order valence-electron chi connectivity index (χ1n) is 7.70. The van der Waals surface area contributed by atoms with Crippen LogP contribution in [-0.2, 0) is 4.79 Å². The number of pyridine rings is 1. The highest BCUT2D eigenvalue weighted by atomic mass is 79.9. The van der Waals surface area contributed by atoms with E-state index in [1.165, 1.54) is 21.7 Å². The van der Waals surface area contributed by atoms with E-state index < -0.39 is 11.9 Å². The average molecular weight is 421 g/mol. The number of amides is 2. The molecule has 3 aromatic rings. The molecule has 3 heterocycles. The van der Waals surface area contributed by atoms with Crippen molar-refractivity contribution in [2.75, 3.05) is 19.8 Å². The number of hydrogen-bond donors (Lipinski definition) is 2. The van der Waals surface area contributed by atoms with Gasteiger partial charge in [0, 0.05) is 20.3 Å². The van der Waals surface area contributed by atoms with E-state index >= 15 is 0 Å². The van der Waals surface area contributed by atoms with Crippen molar-refractivity contribution in [1.29, 1.82) is 0 Å². The van der Waals surface area contributed by atoms with Gasteiger partial charge in [-0.25, -0.2) is 9.50 Å². The van der Waals surface area contributed by atoms with Crippen LogP contribution in [0.5, 0.6) is 0 Å². The first kappa shape index (κ1) is 17.9. The van der Waals surface area contributed by atoms with Crippen LogP contribution in [0.3, 0.4) is 0 Å². The minimum Gasteiger partial charge on any atom is -0.446 e. The number of furan rings is 1. The van der Waals surface area contributed by atoms with Gasteiger partial charge in [0.25, 0.3) is 5.91 Å². The van der Waals surface area contributed by atoms with Gasteiger partial charge in [-0.2, -0.15) is 0 Å². The Kier molecular flexibility index (Phi) is 4.68. The monoisotopic (exact) mass is 420 g/mol. The predicted octanol–water partition coefficient (Wildman–Crippen LogP) is 1.54. The van der Waals surface area contributed by atoms with Gasteiger partial charge in [0.2, 0.25) is 11.7 Å². The molecule has 0 aliphatic heterocycles. The molecule has 0 radical (unpaired) electrons. The van der Waals surface area contributed by atoms with E-state index in [4.69, 9.17) is 10.2 Å². The number of fused-ring (bicyclic) bond motifs is 1. The van der Waals surface area contributed by atoms with E-state index in [0.29, 0.717) is 21.9 Å². The molecule has 1 unspecified atom stereocenters. The summed E-state index contributed by atoms with van der Waals surface area (Å²) in [5.74, 6) is 0.172. The Labute approximate surface area is 157 Å². The fourth-order valence-electron chi connectivity index (χ4n) is 2.40. The van der Waals surface area contributed by atoms with Crippen LogP contribution in [0.4, 0.5) is 5.69 Å². The molecule has 3 aromatic heterocycles. The van der Waals surface area contributed by atoms with Gasteiger partial charge >= 0.3 is 0 Å². The van der Waals surface area contributed by atoms with E-state index in [1.54, 1.807) is 33.2 Å². The molecule has 0 spiro atoms. The fourth-order valence-corrected chi connectivity index (χ4v) is 2.71. The van der Waals surface area contributed by atoms with Crippen molar-refractivity contribution < 1.29 is 14.0 Å². The second-order valence-corrected chi connectivity index (χ2v) is 6.70. The summed E-state index contributed by atoms with van der Waals surface area (Å²) in [6.45, 7) is 1.62. The van der Waals surface area contributed by atoms with Crippen LogP contribution in [-0.4, -0.2) is 51.4 Å². The number of likely N-dealkylation sites (N-methyl/N-ethyl adjacent to an activating group) is 1. The number of hydrogen-bond acceptors (Lipinski definition) is 6. The van der Waals surface area contributed by atoms with Crippen molar-refractivity contribution in [1.82, 2.24) is 24.8 Å². The summed E-state index contributed by atoms with van der Waals surface area (Å²) >= 11 is 3.23. The number of nitrogens with zero attached hydrogens (tertiary/aromatic N) is 4. The van der Waals surface area contributed by atoms with Gasteiger partial charge in [0.1, 0.15) is 6.04 Å². The largest absolute Gasteiger partial charge is 0.446 e. The van der Waals surface area contributed by atoms with E-state index in [9.17, 15) is 9.59 Å². The number of rotatable bonds is 4. The standard InChI is InChI=1S/C16H17BrN6O3/c1-8(16(25)22(2)3)19-15(24)9-6-10(18)14-20-13(21-23(14)7-9)11-4-5-12(17)26-11/h4-8H,18H2,1-3H3,(H,19,24). The Bertz CT molecular complexity index is 993. The second-order valence-electron chi connectivity index (χ2n) is 5.92. The highest BCUT2D eigenvalue weighted by molar-refractivity contribution is 9.10. The molecule has 26 heavy (non-hydrogen) atoms. The molecule has 9 nitrogen and oxygen atoms in total. The summed E-state index contributed by atoms with van der Waals surface area (Å²) < 4.78 is 7.40. The van der Waals surface area contributed by atoms with E-state index in [2.05, 4.69) is 31.3 Å². The maximum Gasteiger partial charge on any atom is 0.253 e. The Hall–Kier alpha value is -2.88. The van der Waals surface area contributed by atoms with Crippen molar-refractivity contribution in [3.05, 3.63) is 34.6 Å². The van der Waals surface area contributed by atoms with Crippen molar-refractivity contribution in [2.24, 2.45) is 0 Å². The lowest BCUT2D eigenvalue weighted by Crippen LogP contribution is -2.44. The quantitative estimate of drug-likeness (QED) is 0.660. The van der Waals surface area contributed by atoms with Crippen molar-refractivity contribution in [3.8, 4) is 11.6 Å². The number of nitrogens with two attached hydrogens (primary N) is 1. The molecule has 10 heteroatoms. The van der Waals surface area contributed by atoms with Crippen LogP contribution in [0.2, 0.25) is 0 Å². The van der Waals surface area contributed by atoms with Crippen LogP contribution in [0, 0.1) is 0 Å². The Morgan fingerprint density at radius 3 is 2.73 bits per heavy atom. The average Bonchev–Trinajstić information content (AvgIpc) is 3.19. The zero-order valence-corrected chi connectivity index (χ0v) is 15.9. The Balaban J connectivity index is 1.90. The summed E-state index contributed by atoms with van der Waals surface area (Å²) in [7, 11) is 3.25.